The van der Waals surface area contributed by atoms with E-state index in [4.69, 9.17) is 4.74 Å². The first-order valence-corrected chi connectivity index (χ1v) is 9.65. The molecule has 1 N–H and O–H groups in total. The molecule has 0 radical (unpaired) electrons. The van der Waals surface area contributed by atoms with Crippen LogP contribution in [0.3, 0.4) is 0 Å². The molecule has 124 valence electrons. The molecule has 2 aliphatic heterocycles. The lowest BCUT2D eigenvalue weighted by atomic mass is 10.0. The van der Waals surface area contributed by atoms with Crippen LogP contribution in [0.1, 0.15) is 20.3 Å². The fourth-order valence-corrected chi connectivity index (χ4v) is 3.85. The molecule has 1 atom stereocenters. The molecule has 0 aromatic heterocycles. The van der Waals surface area contributed by atoms with Gasteiger partial charge in [-0.15, -0.1) is 0 Å². The number of sulfonamides is 1. The zero-order chi connectivity index (χ0) is 15.5. The van der Waals surface area contributed by atoms with Crippen molar-refractivity contribution >= 4 is 10.0 Å². The Bertz CT molecular complexity index is 433. The Morgan fingerprint density at radius 2 is 1.90 bits per heavy atom. The Kier molecular flexibility index (Phi) is 5.65. The van der Waals surface area contributed by atoms with Gasteiger partial charge in [-0.1, -0.05) is 0 Å². The highest BCUT2D eigenvalue weighted by Gasteiger charge is 2.33. The van der Waals surface area contributed by atoms with E-state index in [1.807, 2.05) is 0 Å². The third-order valence-corrected chi connectivity index (χ3v) is 5.17. The average molecular weight is 319 g/mol. The van der Waals surface area contributed by atoms with Gasteiger partial charge in [-0.3, -0.25) is 4.90 Å². The highest BCUT2D eigenvalue weighted by atomic mass is 32.2. The maximum Gasteiger partial charge on any atom is 0.208 e. The molecule has 2 rings (SSSR count). The summed E-state index contributed by atoms with van der Waals surface area (Å²) in [5.41, 5.74) is 0.142. The molecule has 0 aliphatic carbocycles. The minimum atomic E-state index is -3.07. The van der Waals surface area contributed by atoms with Gasteiger partial charge >= 0.3 is 0 Å². The predicted molar refractivity (Wildman–Crippen MR) is 83.9 cm³/mol. The second-order valence-corrected chi connectivity index (χ2v) is 8.76. The van der Waals surface area contributed by atoms with Crippen molar-refractivity contribution in [3.63, 3.8) is 0 Å². The van der Waals surface area contributed by atoms with Crippen molar-refractivity contribution in [3.05, 3.63) is 0 Å². The first-order chi connectivity index (χ1) is 9.76. The van der Waals surface area contributed by atoms with E-state index in [0.29, 0.717) is 12.5 Å². The molecular formula is C14H29N3O3S. The number of morpholine rings is 1. The number of likely N-dealkylation sites (tertiary alicyclic amines) is 1. The van der Waals surface area contributed by atoms with Gasteiger partial charge in [0.25, 0.3) is 0 Å². The van der Waals surface area contributed by atoms with Crippen LogP contribution in [-0.4, -0.2) is 82.5 Å². The lowest BCUT2D eigenvalue weighted by molar-refractivity contribution is -0.0198. The maximum atomic E-state index is 11.2. The number of ether oxygens (including phenoxy) is 1. The second-order valence-electron chi connectivity index (χ2n) is 6.92. The van der Waals surface area contributed by atoms with Gasteiger partial charge < -0.3 is 9.64 Å². The summed E-state index contributed by atoms with van der Waals surface area (Å²) in [6.07, 6.45) is 2.29. The Morgan fingerprint density at radius 3 is 2.52 bits per heavy atom. The highest BCUT2D eigenvalue weighted by molar-refractivity contribution is 7.88. The van der Waals surface area contributed by atoms with Crippen molar-refractivity contribution in [2.24, 2.45) is 5.92 Å². The van der Waals surface area contributed by atoms with Gasteiger partial charge in [0, 0.05) is 38.3 Å². The van der Waals surface area contributed by atoms with E-state index in [9.17, 15) is 8.42 Å². The van der Waals surface area contributed by atoms with Gasteiger partial charge in [-0.05, 0) is 32.7 Å². The van der Waals surface area contributed by atoms with E-state index in [1.54, 1.807) is 0 Å². The third-order valence-electron chi connectivity index (χ3n) is 4.48. The molecule has 0 aromatic carbocycles. The van der Waals surface area contributed by atoms with Crippen LogP contribution in [0.25, 0.3) is 0 Å². The topological polar surface area (TPSA) is 61.9 Å². The molecule has 1 unspecified atom stereocenters. The lowest BCUT2D eigenvalue weighted by Gasteiger charge is -2.43. The summed E-state index contributed by atoms with van der Waals surface area (Å²) in [5, 5.41) is 0. The Morgan fingerprint density at radius 1 is 1.24 bits per heavy atom. The zero-order valence-electron chi connectivity index (χ0n) is 13.5. The Balaban J connectivity index is 1.78. The molecule has 2 saturated heterocycles. The SMILES string of the molecule is CC(C)(CN1CCC(CNS(C)(=O)=O)C1)N1CCOCC1. The number of nitrogens with zero attached hydrogens (tertiary/aromatic N) is 2. The molecule has 2 aliphatic rings. The summed E-state index contributed by atoms with van der Waals surface area (Å²) in [7, 11) is -3.07. The summed E-state index contributed by atoms with van der Waals surface area (Å²) in [6.45, 7) is 11.9. The summed E-state index contributed by atoms with van der Waals surface area (Å²) >= 11 is 0. The predicted octanol–water partition coefficient (Wildman–Crippen LogP) is -0.0317. The number of nitrogens with one attached hydrogen (secondary N) is 1. The standard InChI is InChI=1S/C14H29N3O3S/c1-14(2,17-6-8-20-9-7-17)12-16-5-4-13(11-16)10-15-21(3,18)19/h13,15H,4-12H2,1-3H3. The van der Waals surface area contributed by atoms with Crippen LogP contribution >= 0.6 is 0 Å². The normalized spacial score (nSPS) is 26.3. The lowest BCUT2D eigenvalue weighted by Crippen LogP contribution is -2.55. The van der Waals surface area contributed by atoms with Crippen LogP contribution < -0.4 is 4.72 Å². The molecule has 0 saturated carbocycles. The maximum absolute atomic E-state index is 11.2. The number of hydrogen-bond donors (Lipinski definition) is 1. The quantitative estimate of drug-likeness (QED) is 0.745. The highest BCUT2D eigenvalue weighted by Crippen LogP contribution is 2.22. The molecule has 2 heterocycles. The van der Waals surface area contributed by atoms with Crippen LogP contribution in [0.15, 0.2) is 0 Å². The fraction of sp³-hybridized carbons (Fsp3) is 1.00. The van der Waals surface area contributed by atoms with Gasteiger partial charge in [0.15, 0.2) is 0 Å². The minimum absolute atomic E-state index is 0.142. The first kappa shape index (κ1) is 17.1. The summed E-state index contributed by atoms with van der Waals surface area (Å²) < 4.78 is 30.4. The van der Waals surface area contributed by atoms with Crippen molar-refractivity contribution in [2.75, 3.05) is 58.7 Å². The summed E-state index contributed by atoms with van der Waals surface area (Å²) in [6, 6.07) is 0. The van der Waals surface area contributed by atoms with Gasteiger partial charge in [-0.2, -0.15) is 0 Å². The summed E-state index contributed by atoms with van der Waals surface area (Å²) in [5.74, 6) is 0.431. The fourth-order valence-electron chi connectivity index (χ4n) is 3.31. The van der Waals surface area contributed by atoms with Crippen LogP contribution in [0.2, 0.25) is 0 Å². The average Bonchev–Trinajstić information content (AvgIpc) is 2.84. The third kappa shape index (κ3) is 5.49. The molecule has 6 nitrogen and oxygen atoms in total. The van der Waals surface area contributed by atoms with E-state index >= 15 is 0 Å². The molecule has 7 heteroatoms. The van der Waals surface area contributed by atoms with Gasteiger partial charge in [-0.25, -0.2) is 13.1 Å². The Labute approximate surface area is 128 Å². The van der Waals surface area contributed by atoms with Crippen molar-refractivity contribution in [1.29, 1.82) is 0 Å². The van der Waals surface area contributed by atoms with E-state index in [2.05, 4.69) is 28.4 Å². The summed E-state index contributed by atoms with van der Waals surface area (Å²) in [4.78, 5) is 4.96. The van der Waals surface area contributed by atoms with Crippen molar-refractivity contribution in [1.82, 2.24) is 14.5 Å². The van der Waals surface area contributed by atoms with Gasteiger partial charge in [0.05, 0.1) is 19.5 Å². The monoisotopic (exact) mass is 319 g/mol. The smallest absolute Gasteiger partial charge is 0.208 e. The van der Waals surface area contributed by atoms with Crippen molar-refractivity contribution in [3.8, 4) is 0 Å². The number of rotatable bonds is 6. The Hall–Kier alpha value is -0.210. The van der Waals surface area contributed by atoms with Crippen LogP contribution in [-0.2, 0) is 14.8 Å². The second kappa shape index (κ2) is 6.91. The minimum Gasteiger partial charge on any atom is -0.379 e. The number of hydrogen-bond acceptors (Lipinski definition) is 5. The molecular weight excluding hydrogens is 290 g/mol. The molecule has 21 heavy (non-hydrogen) atoms. The van der Waals surface area contributed by atoms with Crippen LogP contribution in [0.5, 0.6) is 0 Å². The zero-order valence-corrected chi connectivity index (χ0v) is 14.3. The van der Waals surface area contributed by atoms with E-state index < -0.39 is 10.0 Å². The first-order valence-electron chi connectivity index (χ1n) is 7.76. The molecule has 0 spiro atoms. The van der Waals surface area contributed by atoms with E-state index in [0.717, 1.165) is 52.4 Å². The van der Waals surface area contributed by atoms with Gasteiger partial charge in [0.2, 0.25) is 10.0 Å². The van der Waals surface area contributed by atoms with Gasteiger partial charge in [0.1, 0.15) is 0 Å². The molecule has 0 bridgehead atoms. The molecule has 0 amide bonds. The molecule has 0 aromatic rings. The largest absolute Gasteiger partial charge is 0.379 e. The van der Waals surface area contributed by atoms with Crippen LogP contribution in [0.4, 0.5) is 0 Å². The van der Waals surface area contributed by atoms with E-state index in [-0.39, 0.29) is 5.54 Å². The van der Waals surface area contributed by atoms with Crippen molar-refractivity contribution < 1.29 is 13.2 Å². The molecule has 2 fully saturated rings. The van der Waals surface area contributed by atoms with Crippen molar-refractivity contribution in [2.45, 2.75) is 25.8 Å². The van der Waals surface area contributed by atoms with E-state index in [1.165, 1.54) is 6.26 Å². The van der Waals surface area contributed by atoms with Crippen LogP contribution in [0, 0.1) is 5.92 Å².